The van der Waals surface area contributed by atoms with Gasteiger partial charge in [-0.1, -0.05) is 42.1 Å². The normalized spacial score (nSPS) is 21.7. The summed E-state index contributed by atoms with van der Waals surface area (Å²) in [6.45, 7) is 4.30. The van der Waals surface area contributed by atoms with Crippen LogP contribution < -0.4 is 5.43 Å². The van der Waals surface area contributed by atoms with E-state index in [4.69, 9.17) is 4.74 Å². The van der Waals surface area contributed by atoms with Gasteiger partial charge in [-0.3, -0.25) is 10.2 Å². The smallest absolute Gasteiger partial charge is 0.305 e. The number of carbonyl (C=O) groups excluding carboxylic acids is 1. The van der Waals surface area contributed by atoms with Crippen molar-refractivity contribution in [1.29, 1.82) is 0 Å². The maximum absolute atomic E-state index is 11.4. The van der Waals surface area contributed by atoms with Crippen LogP contribution in [0.25, 0.3) is 0 Å². The standard InChI is InChI=1S/C14H18N2O2S/c1-3-18-12(17)9-10-14(2)16-15-13(19-14)11-7-5-4-6-8-11/h4-8,16H,3,9-10H2,1-2H3/t14-/m0/s1. The van der Waals surface area contributed by atoms with Gasteiger partial charge in [-0.05, 0) is 20.3 Å². The van der Waals surface area contributed by atoms with E-state index in [0.29, 0.717) is 19.4 Å². The van der Waals surface area contributed by atoms with Crippen LogP contribution in [0.1, 0.15) is 32.3 Å². The summed E-state index contributed by atoms with van der Waals surface area (Å²) >= 11 is 1.66. The van der Waals surface area contributed by atoms with E-state index in [2.05, 4.69) is 17.5 Å². The maximum Gasteiger partial charge on any atom is 0.305 e. The van der Waals surface area contributed by atoms with E-state index < -0.39 is 0 Å². The van der Waals surface area contributed by atoms with Crippen molar-refractivity contribution < 1.29 is 9.53 Å². The van der Waals surface area contributed by atoms with E-state index in [-0.39, 0.29) is 10.8 Å². The van der Waals surface area contributed by atoms with E-state index in [1.165, 1.54) is 0 Å². The van der Waals surface area contributed by atoms with Crippen LogP contribution in [0.15, 0.2) is 35.4 Å². The molecular formula is C14H18N2O2S. The lowest BCUT2D eigenvalue weighted by Gasteiger charge is -2.21. The molecule has 1 N–H and O–H groups in total. The first-order chi connectivity index (χ1) is 9.13. The van der Waals surface area contributed by atoms with Gasteiger partial charge in [-0.15, -0.1) is 0 Å². The molecule has 1 aromatic rings. The van der Waals surface area contributed by atoms with Crippen LogP contribution in [-0.2, 0) is 9.53 Å². The lowest BCUT2D eigenvalue weighted by molar-refractivity contribution is -0.143. The van der Waals surface area contributed by atoms with Crippen molar-refractivity contribution >= 4 is 22.8 Å². The molecule has 19 heavy (non-hydrogen) atoms. The minimum atomic E-state index is -0.238. The Morgan fingerprint density at radius 1 is 1.42 bits per heavy atom. The number of hydrazone groups is 1. The van der Waals surface area contributed by atoms with Crippen molar-refractivity contribution in [2.75, 3.05) is 6.61 Å². The summed E-state index contributed by atoms with van der Waals surface area (Å²) in [5.41, 5.74) is 4.22. The van der Waals surface area contributed by atoms with Gasteiger partial charge in [0.15, 0.2) is 0 Å². The molecule has 0 unspecified atom stereocenters. The van der Waals surface area contributed by atoms with E-state index in [0.717, 1.165) is 10.6 Å². The van der Waals surface area contributed by atoms with Gasteiger partial charge in [-0.25, -0.2) is 0 Å². The molecule has 1 atom stereocenters. The third kappa shape index (κ3) is 3.73. The first-order valence-electron chi connectivity index (χ1n) is 6.38. The second-order valence-corrected chi connectivity index (χ2v) is 6.02. The van der Waals surface area contributed by atoms with Gasteiger partial charge in [0.25, 0.3) is 0 Å². The lowest BCUT2D eigenvalue weighted by Crippen LogP contribution is -2.32. The van der Waals surface area contributed by atoms with Gasteiger partial charge in [0, 0.05) is 12.0 Å². The second kappa shape index (κ2) is 6.10. The zero-order valence-electron chi connectivity index (χ0n) is 11.2. The largest absolute Gasteiger partial charge is 0.466 e. The Bertz CT molecular complexity index is 476. The Morgan fingerprint density at radius 2 is 2.16 bits per heavy atom. The highest BCUT2D eigenvalue weighted by Gasteiger charge is 2.33. The highest BCUT2D eigenvalue weighted by Crippen LogP contribution is 2.35. The molecule has 102 valence electrons. The zero-order chi connectivity index (χ0) is 13.7. The number of esters is 1. The fourth-order valence-corrected chi connectivity index (χ4v) is 2.88. The predicted molar refractivity (Wildman–Crippen MR) is 78.0 cm³/mol. The van der Waals surface area contributed by atoms with Crippen molar-refractivity contribution in [3.05, 3.63) is 35.9 Å². The average molecular weight is 278 g/mol. The lowest BCUT2D eigenvalue weighted by atomic mass is 10.2. The number of thioether (sulfide) groups is 1. The quantitative estimate of drug-likeness (QED) is 0.841. The molecule has 2 rings (SSSR count). The van der Waals surface area contributed by atoms with Crippen molar-refractivity contribution in [3.8, 4) is 0 Å². The summed E-state index contributed by atoms with van der Waals surface area (Å²) < 4.78 is 4.94. The van der Waals surface area contributed by atoms with Gasteiger partial charge >= 0.3 is 5.97 Å². The molecule has 0 saturated heterocycles. The summed E-state index contributed by atoms with van der Waals surface area (Å²) in [5, 5.41) is 5.33. The van der Waals surface area contributed by atoms with Crippen LogP contribution in [0.4, 0.5) is 0 Å². The molecule has 1 aromatic carbocycles. The molecule has 0 aliphatic carbocycles. The number of ether oxygens (including phenoxy) is 1. The molecule has 4 nitrogen and oxygen atoms in total. The average Bonchev–Trinajstić information content (AvgIpc) is 2.81. The first-order valence-corrected chi connectivity index (χ1v) is 7.19. The number of nitrogens with one attached hydrogen (secondary N) is 1. The molecule has 1 aliphatic rings. The SMILES string of the molecule is CCOC(=O)CC[C@@]1(C)NN=C(c2ccccc2)S1. The summed E-state index contributed by atoms with van der Waals surface area (Å²) in [4.78, 5) is 11.2. The summed E-state index contributed by atoms with van der Waals surface area (Å²) in [6.07, 6.45) is 1.10. The van der Waals surface area contributed by atoms with E-state index in [1.54, 1.807) is 11.8 Å². The molecule has 0 aromatic heterocycles. The van der Waals surface area contributed by atoms with Crippen molar-refractivity contribution in [3.63, 3.8) is 0 Å². The molecule has 0 spiro atoms. The van der Waals surface area contributed by atoms with Gasteiger partial charge < -0.3 is 4.74 Å². The second-order valence-electron chi connectivity index (χ2n) is 4.53. The van der Waals surface area contributed by atoms with Crippen LogP contribution in [0.2, 0.25) is 0 Å². The minimum absolute atomic E-state index is 0.153. The highest BCUT2D eigenvalue weighted by atomic mass is 32.2. The summed E-state index contributed by atoms with van der Waals surface area (Å²) in [6, 6.07) is 10.0. The van der Waals surface area contributed by atoms with Crippen LogP contribution >= 0.6 is 11.8 Å². The Kier molecular flexibility index (Phi) is 4.47. The first kappa shape index (κ1) is 13.9. The Labute approximate surface area is 117 Å². The van der Waals surface area contributed by atoms with Crippen molar-refractivity contribution in [1.82, 2.24) is 5.43 Å². The molecule has 0 fully saturated rings. The number of nitrogens with zero attached hydrogens (tertiary/aromatic N) is 1. The molecule has 1 aliphatic heterocycles. The highest BCUT2D eigenvalue weighted by molar-refractivity contribution is 8.15. The van der Waals surface area contributed by atoms with Gasteiger partial charge in [0.1, 0.15) is 9.91 Å². The molecule has 1 heterocycles. The van der Waals surface area contributed by atoms with Gasteiger partial charge in [-0.2, -0.15) is 5.10 Å². The number of rotatable bonds is 5. The molecule has 0 saturated carbocycles. The summed E-state index contributed by atoms with van der Waals surface area (Å²) in [7, 11) is 0. The van der Waals surface area contributed by atoms with Gasteiger partial charge in [0.05, 0.1) is 6.61 Å². The third-order valence-electron chi connectivity index (χ3n) is 2.85. The molecule has 0 amide bonds. The monoisotopic (exact) mass is 278 g/mol. The number of benzene rings is 1. The Morgan fingerprint density at radius 3 is 2.84 bits per heavy atom. The fourth-order valence-electron chi connectivity index (χ4n) is 1.81. The number of hydrogen-bond donors (Lipinski definition) is 1. The van der Waals surface area contributed by atoms with E-state index in [1.807, 2.05) is 37.3 Å². The number of carbonyl (C=O) groups is 1. The predicted octanol–water partition coefficient (Wildman–Crippen LogP) is 2.74. The van der Waals surface area contributed by atoms with Gasteiger partial charge in [0.2, 0.25) is 0 Å². The topological polar surface area (TPSA) is 50.7 Å². The number of hydrogen-bond acceptors (Lipinski definition) is 5. The van der Waals surface area contributed by atoms with Crippen LogP contribution in [0.5, 0.6) is 0 Å². The molecular weight excluding hydrogens is 260 g/mol. The summed E-state index contributed by atoms with van der Waals surface area (Å²) in [5.74, 6) is -0.153. The zero-order valence-corrected chi connectivity index (χ0v) is 12.0. The Hall–Kier alpha value is -1.49. The van der Waals surface area contributed by atoms with Crippen LogP contribution in [-0.4, -0.2) is 22.5 Å². The minimum Gasteiger partial charge on any atom is -0.466 e. The Balaban J connectivity index is 1.90. The van der Waals surface area contributed by atoms with Crippen LogP contribution in [0, 0.1) is 0 Å². The maximum atomic E-state index is 11.4. The molecule has 0 bridgehead atoms. The third-order valence-corrected chi connectivity index (χ3v) is 4.11. The van der Waals surface area contributed by atoms with Crippen molar-refractivity contribution in [2.24, 2.45) is 5.10 Å². The van der Waals surface area contributed by atoms with E-state index >= 15 is 0 Å². The molecule has 0 radical (unpaired) electrons. The van der Waals surface area contributed by atoms with Crippen molar-refractivity contribution in [2.45, 2.75) is 31.6 Å². The van der Waals surface area contributed by atoms with Crippen LogP contribution in [0.3, 0.4) is 0 Å². The molecule has 5 heteroatoms. The van der Waals surface area contributed by atoms with E-state index in [9.17, 15) is 4.79 Å². The fraction of sp³-hybridized carbons (Fsp3) is 0.429.